The van der Waals surface area contributed by atoms with Crippen molar-refractivity contribution in [3.8, 4) is 5.75 Å². The molecule has 1 aromatic carbocycles. The van der Waals surface area contributed by atoms with Crippen LogP contribution >= 0.6 is 11.6 Å². The predicted molar refractivity (Wildman–Crippen MR) is 58.1 cm³/mol. The van der Waals surface area contributed by atoms with Gasteiger partial charge in [0.1, 0.15) is 5.75 Å². The van der Waals surface area contributed by atoms with Gasteiger partial charge in [-0.2, -0.15) is 0 Å². The van der Waals surface area contributed by atoms with Gasteiger partial charge in [0.2, 0.25) is 0 Å². The zero-order valence-electron chi connectivity index (χ0n) is 8.22. The van der Waals surface area contributed by atoms with Gasteiger partial charge < -0.3 is 10.1 Å². The fourth-order valence-electron chi connectivity index (χ4n) is 1.69. The second kappa shape index (κ2) is 4.20. The van der Waals surface area contributed by atoms with E-state index in [0.717, 1.165) is 36.2 Å². The third-order valence-electron chi connectivity index (χ3n) is 2.62. The van der Waals surface area contributed by atoms with Crippen molar-refractivity contribution < 1.29 is 4.74 Å². The van der Waals surface area contributed by atoms with Crippen molar-refractivity contribution in [3.05, 3.63) is 28.8 Å². The fourth-order valence-corrected chi connectivity index (χ4v) is 1.85. The summed E-state index contributed by atoms with van der Waals surface area (Å²) in [5, 5.41) is 4.00. The van der Waals surface area contributed by atoms with E-state index in [0.29, 0.717) is 0 Å². The number of halogens is 1. The van der Waals surface area contributed by atoms with Gasteiger partial charge in [0.05, 0.1) is 7.11 Å². The first-order valence-electron chi connectivity index (χ1n) is 4.82. The van der Waals surface area contributed by atoms with Gasteiger partial charge in [0, 0.05) is 5.02 Å². The average molecular weight is 212 g/mol. The van der Waals surface area contributed by atoms with Gasteiger partial charge >= 0.3 is 0 Å². The molecule has 0 atom stereocenters. The highest BCUT2D eigenvalue weighted by Gasteiger charge is 2.18. The first kappa shape index (κ1) is 9.81. The SMILES string of the molecule is COc1cc(Cl)ccc1CC1CNC1. The van der Waals surface area contributed by atoms with Crippen molar-refractivity contribution in [2.24, 2.45) is 5.92 Å². The van der Waals surface area contributed by atoms with E-state index in [4.69, 9.17) is 16.3 Å². The van der Waals surface area contributed by atoms with E-state index in [1.54, 1.807) is 7.11 Å². The Hall–Kier alpha value is -0.730. The second-order valence-electron chi connectivity index (χ2n) is 3.68. The van der Waals surface area contributed by atoms with Gasteiger partial charge in [0.25, 0.3) is 0 Å². The molecule has 0 aromatic heterocycles. The lowest BCUT2D eigenvalue weighted by atomic mass is 9.94. The van der Waals surface area contributed by atoms with Crippen LogP contribution in [0.3, 0.4) is 0 Å². The average Bonchev–Trinajstić information content (AvgIpc) is 2.13. The third kappa shape index (κ3) is 2.02. The molecule has 0 radical (unpaired) electrons. The van der Waals surface area contributed by atoms with E-state index in [2.05, 4.69) is 11.4 Å². The minimum Gasteiger partial charge on any atom is -0.496 e. The molecular formula is C11H14ClNO. The van der Waals surface area contributed by atoms with Gasteiger partial charge in [-0.3, -0.25) is 0 Å². The lowest BCUT2D eigenvalue weighted by molar-refractivity contribution is 0.338. The van der Waals surface area contributed by atoms with Crippen molar-refractivity contribution in [2.45, 2.75) is 6.42 Å². The summed E-state index contributed by atoms with van der Waals surface area (Å²) in [6.07, 6.45) is 1.08. The first-order valence-corrected chi connectivity index (χ1v) is 5.20. The molecule has 0 unspecified atom stereocenters. The zero-order valence-corrected chi connectivity index (χ0v) is 8.97. The van der Waals surface area contributed by atoms with Crippen molar-refractivity contribution >= 4 is 11.6 Å². The lowest BCUT2D eigenvalue weighted by Gasteiger charge is -2.27. The molecule has 0 bridgehead atoms. The van der Waals surface area contributed by atoms with Gasteiger partial charge in [-0.25, -0.2) is 0 Å². The smallest absolute Gasteiger partial charge is 0.123 e. The minimum absolute atomic E-state index is 0.734. The molecule has 1 aromatic rings. The Balaban J connectivity index is 2.14. The van der Waals surface area contributed by atoms with E-state index in [9.17, 15) is 0 Å². The van der Waals surface area contributed by atoms with Crippen molar-refractivity contribution in [3.63, 3.8) is 0 Å². The lowest BCUT2D eigenvalue weighted by Crippen LogP contribution is -2.43. The van der Waals surface area contributed by atoms with Crippen LogP contribution in [0.15, 0.2) is 18.2 Å². The zero-order chi connectivity index (χ0) is 9.97. The molecule has 1 N–H and O–H groups in total. The van der Waals surface area contributed by atoms with Crippen LogP contribution in [-0.4, -0.2) is 20.2 Å². The Bertz CT molecular complexity index is 323. The predicted octanol–water partition coefficient (Wildman–Crippen LogP) is 2.11. The molecule has 2 nitrogen and oxygen atoms in total. The molecule has 2 rings (SSSR count). The molecule has 1 aliphatic heterocycles. The maximum atomic E-state index is 5.89. The summed E-state index contributed by atoms with van der Waals surface area (Å²) >= 11 is 5.89. The van der Waals surface area contributed by atoms with Crippen molar-refractivity contribution in [1.29, 1.82) is 0 Å². The summed E-state index contributed by atoms with van der Waals surface area (Å²) < 4.78 is 5.29. The van der Waals surface area contributed by atoms with Crippen LogP contribution in [0.1, 0.15) is 5.56 Å². The normalized spacial score (nSPS) is 16.4. The van der Waals surface area contributed by atoms with Crippen LogP contribution in [0.4, 0.5) is 0 Å². The molecule has 1 fully saturated rings. The van der Waals surface area contributed by atoms with Crippen molar-refractivity contribution in [1.82, 2.24) is 5.32 Å². The molecular weight excluding hydrogens is 198 g/mol. The van der Waals surface area contributed by atoms with E-state index in [1.807, 2.05) is 12.1 Å². The summed E-state index contributed by atoms with van der Waals surface area (Å²) in [5.41, 5.74) is 1.25. The van der Waals surface area contributed by atoms with Gasteiger partial charge in [-0.1, -0.05) is 17.7 Å². The largest absolute Gasteiger partial charge is 0.496 e. The Labute approximate surface area is 89.2 Å². The first-order chi connectivity index (χ1) is 6.79. The van der Waals surface area contributed by atoms with Crippen molar-refractivity contribution in [2.75, 3.05) is 20.2 Å². The number of hydrogen-bond acceptors (Lipinski definition) is 2. The topological polar surface area (TPSA) is 21.3 Å². The van der Waals surface area contributed by atoms with Crippen LogP contribution in [0.25, 0.3) is 0 Å². The maximum absolute atomic E-state index is 5.89. The van der Waals surface area contributed by atoms with Crippen LogP contribution in [0.5, 0.6) is 5.75 Å². The number of hydrogen-bond donors (Lipinski definition) is 1. The van der Waals surface area contributed by atoms with Crippen LogP contribution < -0.4 is 10.1 Å². The number of benzene rings is 1. The van der Waals surface area contributed by atoms with E-state index < -0.39 is 0 Å². The Morgan fingerprint density at radius 1 is 1.50 bits per heavy atom. The molecule has 76 valence electrons. The van der Waals surface area contributed by atoms with Crippen LogP contribution in [0.2, 0.25) is 5.02 Å². The Morgan fingerprint density at radius 3 is 2.86 bits per heavy atom. The maximum Gasteiger partial charge on any atom is 0.123 e. The van der Waals surface area contributed by atoms with Crippen LogP contribution in [-0.2, 0) is 6.42 Å². The number of nitrogens with one attached hydrogen (secondary N) is 1. The second-order valence-corrected chi connectivity index (χ2v) is 4.12. The number of ether oxygens (including phenoxy) is 1. The Kier molecular flexibility index (Phi) is 2.94. The summed E-state index contributed by atoms with van der Waals surface area (Å²) in [5.74, 6) is 1.66. The molecule has 0 amide bonds. The third-order valence-corrected chi connectivity index (χ3v) is 2.86. The van der Waals surface area contributed by atoms with Gasteiger partial charge in [0.15, 0.2) is 0 Å². The highest BCUT2D eigenvalue weighted by atomic mass is 35.5. The number of methoxy groups -OCH3 is 1. The highest BCUT2D eigenvalue weighted by molar-refractivity contribution is 6.30. The Morgan fingerprint density at radius 2 is 2.29 bits per heavy atom. The van der Waals surface area contributed by atoms with Gasteiger partial charge in [-0.15, -0.1) is 0 Å². The molecule has 0 spiro atoms. The quantitative estimate of drug-likeness (QED) is 0.827. The molecule has 3 heteroatoms. The van der Waals surface area contributed by atoms with Crippen LogP contribution in [0, 0.1) is 5.92 Å². The molecule has 1 aliphatic rings. The van der Waals surface area contributed by atoms with E-state index in [-0.39, 0.29) is 0 Å². The summed E-state index contributed by atoms with van der Waals surface area (Å²) in [6.45, 7) is 2.23. The number of rotatable bonds is 3. The monoisotopic (exact) mass is 211 g/mol. The molecule has 1 saturated heterocycles. The highest BCUT2D eigenvalue weighted by Crippen LogP contribution is 2.26. The molecule has 0 aliphatic carbocycles. The summed E-state index contributed by atoms with van der Waals surface area (Å²) in [6, 6.07) is 5.86. The summed E-state index contributed by atoms with van der Waals surface area (Å²) in [7, 11) is 1.69. The molecule has 0 saturated carbocycles. The minimum atomic E-state index is 0.734. The van der Waals surface area contributed by atoms with E-state index >= 15 is 0 Å². The fraction of sp³-hybridized carbons (Fsp3) is 0.455. The molecule has 1 heterocycles. The van der Waals surface area contributed by atoms with Gasteiger partial charge in [-0.05, 0) is 43.1 Å². The summed E-state index contributed by atoms with van der Waals surface area (Å²) in [4.78, 5) is 0. The van der Waals surface area contributed by atoms with E-state index in [1.165, 1.54) is 5.56 Å². The molecule has 14 heavy (non-hydrogen) atoms. The standard InChI is InChI=1S/C11H14ClNO/c1-14-11-5-10(12)3-2-9(11)4-8-6-13-7-8/h2-3,5,8,13H,4,6-7H2,1H3.